The second-order valence-electron chi connectivity index (χ2n) is 7.11. The van der Waals surface area contributed by atoms with Gasteiger partial charge in [-0.3, -0.25) is 19.7 Å². The first-order valence-electron chi connectivity index (χ1n) is 8.67. The molecule has 4 heterocycles. The van der Waals surface area contributed by atoms with Gasteiger partial charge in [0.1, 0.15) is 0 Å². The van der Waals surface area contributed by atoms with Gasteiger partial charge in [0.2, 0.25) is 11.8 Å². The predicted molar refractivity (Wildman–Crippen MR) is 89.7 cm³/mol. The van der Waals surface area contributed by atoms with Crippen LogP contribution in [-0.2, 0) is 23.8 Å². The van der Waals surface area contributed by atoms with Gasteiger partial charge in [-0.25, -0.2) is 4.90 Å². The van der Waals surface area contributed by atoms with Gasteiger partial charge in [0, 0.05) is 12.1 Å². The lowest BCUT2D eigenvalue weighted by Crippen LogP contribution is -2.49. The first-order chi connectivity index (χ1) is 12.9. The summed E-state index contributed by atoms with van der Waals surface area (Å²) in [5.41, 5.74) is -0.479. The summed E-state index contributed by atoms with van der Waals surface area (Å²) < 4.78 is 17.2. The fourth-order valence-electron chi connectivity index (χ4n) is 4.52. The van der Waals surface area contributed by atoms with Crippen molar-refractivity contribution in [3.05, 3.63) is 46.0 Å². The highest BCUT2D eigenvalue weighted by atomic mass is 16.7. The number of imide groups is 1. The Morgan fingerprint density at radius 2 is 1.96 bits per heavy atom. The number of hydrogen-bond acceptors (Lipinski definition) is 7. The van der Waals surface area contributed by atoms with Crippen LogP contribution in [-0.4, -0.2) is 47.9 Å². The Hall–Kier alpha value is -2.62. The Kier molecular flexibility index (Phi) is 3.34. The molecule has 4 atom stereocenters. The maximum atomic E-state index is 13.3. The summed E-state index contributed by atoms with van der Waals surface area (Å²) in [4.78, 5) is 38.1. The topological polar surface area (TPSA) is 108 Å². The first-order valence-corrected chi connectivity index (χ1v) is 8.67. The number of carbonyl (C=O) groups is 2. The number of anilines is 1. The van der Waals surface area contributed by atoms with Crippen LogP contribution in [0.1, 0.15) is 5.56 Å². The minimum atomic E-state index is -1.14. The molecule has 140 valence electrons. The molecule has 0 aromatic heterocycles. The summed E-state index contributed by atoms with van der Waals surface area (Å²) in [5.74, 6) is -2.32. The van der Waals surface area contributed by atoms with Crippen molar-refractivity contribution in [1.82, 2.24) is 0 Å². The molecule has 4 aliphatic rings. The van der Waals surface area contributed by atoms with E-state index in [1.807, 2.05) is 0 Å². The van der Waals surface area contributed by atoms with Crippen molar-refractivity contribution in [2.45, 2.75) is 24.9 Å². The van der Waals surface area contributed by atoms with E-state index in [-0.39, 0.29) is 11.4 Å². The maximum absolute atomic E-state index is 13.3. The Bertz CT molecular complexity index is 907. The van der Waals surface area contributed by atoms with Crippen molar-refractivity contribution in [3.63, 3.8) is 0 Å². The van der Waals surface area contributed by atoms with Crippen LogP contribution < -0.4 is 4.90 Å². The molecule has 9 heteroatoms. The molecule has 2 amide bonds. The Balaban J connectivity index is 1.58. The molecule has 3 fully saturated rings. The summed E-state index contributed by atoms with van der Waals surface area (Å²) >= 11 is 0. The van der Waals surface area contributed by atoms with Gasteiger partial charge in [0.25, 0.3) is 5.69 Å². The third-order valence-electron chi connectivity index (χ3n) is 5.71. The van der Waals surface area contributed by atoms with Gasteiger partial charge in [-0.15, -0.1) is 0 Å². The van der Waals surface area contributed by atoms with Crippen LogP contribution in [0.3, 0.4) is 0 Å². The zero-order valence-corrected chi connectivity index (χ0v) is 14.4. The molecule has 1 aromatic carbocycles. The molecule has 0 unspecified atom stereocenters. The molecule has 4 aliphatic heterocycles. The Labute approximate surface area is 153 Å². The van der Waals surface area contributed by atoms with Crippen LogP contribution in [0, 0.1) is 28.9 Å². The number of nitro groups is 1. The Morgan fingerprint density at radius 1 is 1.22 bits per heavy atom. The van der Waals surface area contributed by atoms with Crippen LogP contribution in [0.2, 0.25) is 0 Å². The molecule has 0 saturated carbocycles. The molecule has 0 spiro atoms. The number of benzene rings is 1. The van der Waals surface area contributed by atoms with Gasteiger partial charge in [0.15, 0.2) is 11.9 Å². The van der Waals surface area contributed by atoms with E-state index in [1.165, 1.54) is 18.2 Å². The quantitative estimate of drug-likeness (QED) is 0.338. The smallest absolute Gasteiger partial charge is 0.271 e. The number of nitrogens with zero attached hydrogens (tertiary/aromatic N) is 2. The van der Waals surface area contributed by atoms with Gasteiger partial charge in [0.05, 0.1) is 41.8 Å². The number of hydrogen-bond donors (Lipinski definition) is 0. The lowest BCUT2D eigenvalue weighted by atomic mass is 9.76. The normalized spacial score (nSPS) is 34.7. The second-order valence-corrected chi connectivity index (χ2v) is 7.11. The van der Waals surface area contributed by atoms with Crippen molar-refractivity contribution >= 4 is 23.2 Å². The molecule has 0 N–H and O–H groups in total. The maximum Gasteiger partial charge on any atom is 0.271 e. The van der Waals surface area contributed by atoms with Crippen LogP contribution in [0.15, 0.2) is 30.4 Å². The zero-order chi connectivity index (χ0) is 18.9. The number of non-ortho nitro benzene ring substituents is 1. The van der Waals surface area contributed by atoms with Crippen LogP contribution in [0.25, 0.3) is 0 Å². The highest BCUT2D eigenvalue weighted by Gasteiger charge is 2.71. The number of aryl methyl sites for hydroxylation is 1. The minimum absolute atomic E-state index is 0.178. The van der Waals surface area contributed by atoms with E-state index in [0.29, 0.717) is 18.8 Å². The minimum Gasteiger partial charge on any atom is -0.357 e. The van der Waals surface area contributed by atoms with Gasteiger partial charge < -0.3 is 14.2 Å². The Morgan fingerprint density at radius 3 is 2.67 bits per heavy atom. The summed E-state index contributed by atoms with van der Waals surface area (Å²) in [6.07, 6.45) is 2.23. The highest BCUT2D eigenvalue weighted by molar-refractivity contribution is 6.23. The predicted octanol–water partition coefficient (Wildman–Crippen LogP) is 1.09. The third kappa shape index (κ3) is 2.04. The van der Waals surface area contributed by atoms with Crippen molar-refractivity contribution in [1.29, 1.82) is 0 Å². The van der Waals surface area contributed by atoms with Crippen molar-refractivity contribution in [3.8, 4) is 0 Å². The molecule has 0 aliphatic carbocycles. The SMILES string of the molecule is Cc1ccc([N+](=O)[O-])cc1N1C(=O)[C@@H]2[C@@H](C1=O)[C@@]1(C3OCCO3)C=C[C@H]2O1. The van der Waals surface area contributed by atoms with Gasteiger partial charge in [-0.2, -0.15) is 0 Å². The fraction of sp³-hybridized carbons (Fsp3) is 0.444. The van der Waals surface area contributed by atoms with E-state index in [4.69, 9.17) is 14.2 Å². The first kappa shape index (κ1) is 16.5. The molecular weight excluding hydrogens is 356 g/mol. The zero-order valence-electron chi connectivity index (χ0n) is 14.4. The molecule has 0 radical (unpaired) electrons. The van der Waals surface area contributed by atoms with Gasteiger partial charge in [-0.05, 0) is 18.6 Å². The summed E-state index contributed by atoms with van der Waals surface area (Å²) in [6.45, 7) is 2.49. The van der Waals surface area contributed by atoms with Gasteiger partial charge >= 0.3 is 0 Å². The van der Waals surface area contributed by atoms with Crippen molar-refractivity contribution < 1.29 is 28.7 Å². The lowest BCUT2D eigenvalue weighted by Gasteiger charge is -2.32. The average Bonchev–Trinajstić information content (AvgIpc) is 3.39. The molecular formula is C18H16N2O7. The lowest BCUT2D eigenvalue weighted by molar-refractivity contribution is -0.384. The third-order valence-corrected chi connectivity index (χ3v) is 5.71. The molecule has 9 nitrogen and oxygen atoms in total. The van der Waals surface area contributed by atoms with E-state index in [9.17, 15) is 19.7 Å². The summed E-state index contributed by atoms with van der Waals surface area (Å²) in [7, 11) is 0. The highest BCUT2D eigenvalue weighted by Crippen LogP contribution is 2.55. The monoisotopic (exact) mass is 372 g/mol. The average molecular weight is 372 g/mol. The largest absolute Gasteiger partial charge is 0.357 e. The number of carbonyl (C=O) groups excluding carboxylic acids is 2. The molecule has 5 rings (SSSR count). The van der Waals surface area contributed by atoms with E-state index in [1.54, 1.807) is 19.1 Å². The van der Waals surface area contributed by atoms with Crippen molar-refractivity contribution in [2.75, 3.05) is 18.1 Å². The molecule has 3 saturated heterocycles. The van der Waals surface area contributed by atoms with E-state index < -0.39 is 46.6 Å². The number of nitro benzene ring substituents is 1. The standard InChI is InChI=1S/C18H16N2O7/c1-9-2-3-10(20(23)24)8-11(9)19-15(21)13-12-4-5-18(27-12,14(13)16(19)22)17-25-6-7-26-17/h2-5,8,12-14,17H,6-7H2,1H3/t12-,13+,14+,18-/m1/s1. The second kappa shape index (κ2) is 5.44. The summed E-state index contributed by atoms with van der Waals surface area (Å²) in [6, 6.07) is 4.14. The van der Waals surface area contributed by atoms with E-state index in [2.05, 4.69) is 0 Å². The van der Waals surface area contributed by atoms with Gasteiger partial charge in [-0.1, -0.05) is 12.1 Å². The number of fused-ring (bicyclic) bond motifs is 5. The molecule has 2 bridgehead atoms. The van der Waals surface area contributed by atoms with Crippen LogP contribution in [0.4, 0.5) is 11.4 Å². The fourth-order valence-corrected chi connectivity index (χ4v) is 4.52. The van der Waals surface area contributed by atoms with Crippen LogP contribution in [0.5, 0.6) is 0 Å². The van der Waals surface area contributed by atoms with Crippen LogP contribution >= 0.6 is 0 Å². The van der Waals surface area contributed by atoms with Crippen molar-refractivity contribution in [2.24, 2.45) is 11.8 Å². The molecule has 27 heavy (non-hydrogen) atoms. The van der Waals surface area contributed by atoms with E-state index in [0.717, 1.165) is 4.90 Å². The number of rotatable bonds is 3. The van der Waals surface area contributed by atoms with E-state index >= 15 is 0 Å². The number of ether oxygens (including phenoxy) is 3. The number of amides is 2. The summed E-state index contributed by atoms with van der Waals surface area (Å²) in [5, 5.41) is 11.1. The molecule has 1 aromatic rings.